The molecule has 4 rings (SSSR count). The highest BCUT2D eigenvalue weighted by molar-refractivity contribution is 7.10. The van der Waals surface area contributed by atoms with E-state index in [0.29, 0.717) is 24.7 Å². The molecule has 3 aliphatic rings. The smallest absolute Gasteiger partial charge is 0.227 e. The molecule has 4 nitrogen and oxygen atoms in total. The van der Waals surface area contributed by atoms with Crippen LogP contribution in [0.4, 0.5) is 0 Å². The van der Waals surface area contributed by atoms with Crippen LogP contribution in [0, 0.1) is 5.92 Å². The molecule has 2 amide bonds. The second-order valence-corrected chi connectivity index (χ2v) is 9.40. The van der Waals surface area contributed by atoms with Crippen LogP contribution >= 0.6 is 11.3 Å². The first-order valence-corrected chi connectivity index (χ1v) is 11.1. The van der Waals surface area contributed by atoms with Crippen molar-refractivity contribution in [2.75, 3.05) is 19.6 Å². The summed E-state index contributed by atoms with van der Waals surface area (Å²) in [6.45, 7) is 2.57. The Balaban J connectivity index is 1.36. The molecular formula is C21H30N2O2S. The molecule has 1 spiro atoms. The average molecular weight is 375 g/mol. The van der Waals surface area contributed by atoms with Crippen LogP contribution < -0.4 is 0 Å². The minimum atomic E-state index is 0.0360. The van der Waals surface area contributed by atoms with Crippen molar-refractivity contribution in [2.45, 2.75) is 69.7 Å². The number of hydrogen-bond donors (Lipinski definition) is 0. The predicted molar refractivity (Wildman–Crippen MR) is 104 cm³/mol. The summed E-state index contributed by atoms with van der Waals surface area (Å²) in [6.07, 6.45) is 10.7. The lowest BCUT2D eigenvalue weighted by Crippen LogP contribution is -2.55. The minimum Gasteiger partial charge on any atom is -0.342 e. The molecule has 3 heterocycles. The van der Waals surface area contributed by atoms with Gasteiger partial charge in [-0.3, -0.25) is 9.59 Å². The summed E-state index contributed by atoms with van der Waals surface area (Å²) in [6, 6.07) is 4.04. The summed E-state index contributed by atoms with van der Waals surface area (Å²) in [4.78, 5) is 30.6. The number of rotatable bonds is 4. The first-order valence-electron chi connectivity index (χ1n) is 10.3. The maximum absolute atomic E-state index is 12.6. The van der Waals surface area contributed by atoms with Gasteiger partial charge in [0.1, 0.15) is 0 Å². The normalized spacial score (nSPS) is 23.8. The number of piperidine rings is 1. The molecule has 2 aliphatic heterocycles. The van der Waals surface area contributed by atoms with E-state index in [0.717, 1.165) is 43.8 Å². The van der Waals surface area contributed by atoms with Crippen molar-refractivity contribution in [1.82, 2.24) is 9.80 Å². The van der Waals surface area contributed by atoms with E-state index in [1.165, 1.54) is 32.1 Å². The van der Waals surface area contributed by atoms with E-state index in [4.69, 9.17) is 0 Å². The number of carbonyl (C=O) groups is 2. The molecule has 5 heteroatoms. The van der Waals surface area contributed by atoms with E-state index in [9.17, 15) is 9.59 Å². The molecule has 0 radical (unpaired) electrons. The van der Waals surface area contributed by atoms with Crippen LogP contribution in [-0.4, -0.2) is 46.8 Å². The molecule has 0 aromatic carbocycles. The molecule has 1 saturated carbocycles. The van der Waals surface area contributed by atoms with Gasteiger partial charge >= 0.3 is 0 Å². The molecule has 1 aromatic heterocycles. The van der Waals surface area contributed by atoms with E-state index in [1.54, 1.807) is 11.3 Å². The van der Waals surface area contributed by atoms with Gasteiger partial charge in [0, 0.05) is 36.5 Å². The number of nitrogens with zero attached hydrogens (tertiary/aromatic N) is 2. The van der Waals surface area contributed by atoms with Crippen LogP contribution in [0.1, 0.15) is 62.7 Å². The summed E-state index contributed by atoms with van der Waals surface area (Å²) in [5.74, 6) is 1.29. The van der Waals surface area contributed by atoms with E-state index >= 15 is 0 Å². The van der Waals surface area contributed by atoms with Crippen molar-refractivity contribution in [3.05, 3.63) is 22.4 Å². The maximum Gasteiger partial charge on any atom is 0.227 e. The molecule has 0 N–H and O–H groups in total. The average Bonchev–Trinajstić information content (AvgIpc) is 3.27. The van der Waals surface area contributed by atoms with E-state index in [1.807, 2.05) is 22.4 Å². The van der Waals surface area contributed by atoms with Crippen LogP contribution in [0.3, 0.4) is 0 Å². The third-order valence-corrected chi connectivity index (χ3v) is 7.67. The quantitative estimate of drug-likeness (QED) is 0.803. The predicted octanol–water partition coefficient (Wildman–Crippen LogP) is 3.85. The highest BCUT2D eigenvalue weighted by Crippen LogP contribution is 2.41. The SMILES string of the molecule is O=C(Cc1cccs1)N1CCC2(CCC(=O)N2CC2CCCCC2)CC1. The lowest BCUT2D eigenvalue weighted by Gasteiger charge is -2.46. The largest absolute Gasteiger partial charge is 0.342 e. The summed E-state index contributed by atoms with van der Waals surface area (Å²) in [5.41, 5.74) is 0.0360. The Morgan fingerprint density at radius 3 is 2.62 bits per heavy atom. The van der Waals surface area contributed by atoms with Gasteiger partial charge in [0.15, 0.2) is 0 Å². The topological polar surface area (TPSA) is 40.6 Å². The monoisotopic (exact) mass is 374 g/mol. The molecule has 142 valence electrons. The van der Waals surface area contributed by atoms with Crippen LogP contribution in [-0.2, 0) is 16.0 Å². The van der Waals surface area contributed by atoms with Crippen molar-refractivity contribution in [1.29, 1.82) is 0 Å². The highest BCUT2D eigenvalue weighted by atomic mass is 32.1. The summed E-state index contributed by atoms with van der Waals surface area (Å²) >= 11 is 1.65. The van der Waals surface area contributed by atoms with Crippen molar-refractivity contribution in [3.8, 4) is 0 Å². The van der Waals surface area contributed by atoms with Gasteiger partial charge in [-0.15, -0.1) is 11.3 Å². The molecule has 0 bridgehead atoms. The molecule has 26 heavy (non-hydrogen) atoms. The Morgan fingerprint density at radius 1 is 1.15 bits per heavy atom. The molecule has 0 unspecified atom stereocenters. The zero-order valence-corrected chi connectivity index (χ0v) is 16.4. The number of hydrogen-bond acceptors (Lipinski definition) is 3. The number of carbonyl (C=O) groups excluding carboxylic acids is 2. The number of likely N-dealkylation sites (tertiary alicyclic amines) is 2. The Hall–Kier alpha value is -1.36. The fourth-order valence-corrected chi connectivity index (χ4v) is 5.86. The van der Waals surface area contributed by atoms with Gasteiger partial charge in [-0.1, -0.05) is 25.3 Å². The van der Waals surface area contributed by atoms with Gasteiger partial charge in [0.25, 0.3) is 0 Å². The van der Waals surface area contributed by atoms with Gasteiger partial charge in [0.2, 0.25) is 11.8 Å². The van der Waals surface area contributed by atoms with Crippen LogP contribution in [0.25, 0.3) is 0 Å². The van der Waals surface area contributed by atoms with Crippen molar-refractivity contribution in [2.24, 2.45) is 5.92 Å². The lowest BCUT2D eigenvalue weighted by molar-refractivity contribution is -0.136. The molecule has 3 fully saturated rings. The summed E-state index contributed by atoms with van der Waals surface area (Å²) < 4.78 is 0. The summed E-state index contributed by atoms with van der Waals surface area (Å²) in [5, 5.41) is 2.03. The van der Waals surface area contributed by atoms with Crippen LogP contribution in [0.5, 0.6) is 0 Å². The van der Waals surface area contributed by atoms with Gasteiger partial charge in [-0.25, -0.2) is 0 Å². The second kappa shape index (κ2) is 7.71. The third-order valence-electron chi connectivity index (χ3n) is 6.80. The maximum atomic E-state index is 12.6. The standard InChI is InChI=1S/C21H30N2O2S/c24-19-8-9-21(23(19)16-17-5-2-1-3-6-17)10-12-22(13-11-21)20(25)15-18-7-4-14-26-18/h4,7,14,17H,1-3,5-6,8-13,15-16H2. The fourth-order valence-electron chi connectivity index (χ4n) is 5.16. The zero-order valence-electron chi connectivity index (χ0n) is 15.6. The Kier molecular flexibility index (Phi) is 5.35. The highest BCUT2D eigenvalue weighted by Gasteiger charge is 2.47. The summed E-state index contributed by atoms with van der Waals surface area (Å²) in [7, 11) is 0. The molecule has 1 aliphatic carbocycles. The second-order valence-electron chi connectivity index (χ2n) is 8.37. The zero-order chi connectivity index (χ0) is 18.0. The fraction of sp³-hybridized carbons (Fsp3) is 0.714. The molecule has 2 saturated heterocycles. The number of amides is 2. The first kappa shape index (κ1) is 18.0. The Labute approximate surface area is 160 Å². The van der Waals surface area contributed by atoms with E-state index < -0.39 is 0 Å². The van der Waals surface area contributed by atoms with Gasteiger partial charge < -0.3 is 9.80 Å². The van der Waals surface area contributed by atoms with Gasteiger partial charge in [-0.05, 0) is 49.5 Å². The number of thiophene rings is 1. The Morgan fingerprint density at radius 2 is 1.92 bits per heavy atom. The molecule has 0 atom stereocenters. The van der Waals surface area contributed by atoms with Crippen LogP contribution in [0.15, 0.2) is 17.5 Å². The van der Waals surface area contributed by atoms with Crippen molar-refractivity contribution < 1.29 is 9.59 Å². The van der Waals surface area contributed by atoms with E-state index in [2.05, 4.69) is 4.90 Å². The third kappa shape index (κ3) is 3.68. The van der Waals surface area contributed by atoms with Crippen molar-refractivity contribution in [3.63, 3.8) is 0 Å². The van der Waals surface area contributed by atoms with Gasteiger partial charge in [-0.2, -0.15) is 0 Å². The molecular weight excluding hydrogens is 344 g/mol. The lowest BCUT2D eigenvalue weighted by atomic mass is 9.83. The minimum absolute atomic E-state index is 0.0360. The Bertz CT molecular complexity index is 628. The van der Waals surface area contributed by atoms with Gasteiger partial charge in [0.05, 0.1) is 6.42 Å². The van der Waals surface area contributed by atoms with Crippen LogP contribution in [0.2, 0.25) is 0 Å². The van der Waals surface area contributed by atoms with E-state index in [-0.39, 0.29) is 11.4 Å². The van der Waals surface area contributed by atoms with Crippen molar-refractivity contribution >= 4 is 23.2 Å². The molecule has 1 aromatic rings. The first-order chi connectivity index (χ1) is 12.7.